The Kier molecular flexibility index (Phi) is 4.28. The molecule has 0 saturated heterocycles. The molecule has 0 aliphatic rings. The SMILES string of the molecule is N#CC(C#N)=Cc1cc(OC(F)(F)F)ccc1[N+](=O)[O-]. The van der Waals surface area contributed by atoms with Gasteiger partial charge in [0.2, 0.25) is 0 Å². The van der Waals surface area contributed by atoms with E-state index in [4.69, 9.17) is 10.5 Å². The van der Waals surface area contributed by atoms with Gasteiger partial charge in [0.1, 0.15) is 23.5 Å². The Morgan fingerprint density at radius 3 is 2.40 bits per heavy atom. The van der Waals surface area contributed by atoms with Crippen LogP contribution in [-0.4, -0.2) is 11.3 Å². The molecule has 102 valence electrons. The summed E-state index contributed by atoms with van der Waals surface area (Å²) in [6, 6.07) is 5.18. The normalized spacial score (nSPS) is 10.1. The third kappa shape index (κ3) is 3.99. The zero-order valence-corrected chi connectivity index (χ0v) is 9.51. The van der Waals surface area contributed by atoms with E-state index in [0.717, 1.165) is 24.3 Å². The van der Waals surface area contributed by atoms with Gasteiger partial charge in [-0.25, -0.2) is 0 Å². The molecular weight excluding hydrogens is 279 g/mol. The van der Waals surface area contributed by atoms with Crippen molar-refractivity contribution in [2.45, 2.75) is 6.36 Å². The van der Waals surface area contributed by atoms with Gasteiger partial charge in [-0.05, 0) is 18.2 Å². The van der Waals surface area contributed by atoms with E-state index >= 15 is 0 Å². The predicted octanol–water partition coefficient (Wildman–Crippen LogP) is 2.92. The fraction of sp³-hybridized carbons (Fsp3) is 0.0909. The van der Waals surface area contributed by atoms with E-state index in [1.165, 1.54) is 12.1 Å². The molecule has 1 aromatic carbocycles. The number of nitriles is 2. The molecule has 0 atom stereocenters. The van der Waals surface area contributed by atoms with E-state index in [-0.39, 0.29) is 5.56 Å². The van der Waals surface area contributed by atoms with Crippen LogP contribution in [0.25, 0.3) is 6.08 Å². The highest BCUT2D eigenvalue weighted by molar-refractivity contribution is 5.69. The van der Waals surface area contributed by atoms with Crippen molar-refractivity contribution in [3.05, 3.63) is 39.4 Å². The highest BCUT2D eigenvalue weighted by Crippen LogP contribution is 2.29. The standard InChI is InChI=1S/C11H4F3N3O3/c12-11(13,14)20-9-1-2-10(17(18)19)8(4-9)3-7(5-15)6-16/h1-4H. The summed E-state index contributed by atoms with van der Waals surface area (Å²) in [7, 11) is 0. The molecule has 0 amide bonds. The van der Waals surface area contributed by atoms with Crippen LogP contribution in [0.5, 0.6) is 5.75 Å². The number of nitro groups is 1. The number of hydrogen-bond acceptors (Lipinski definition) is 5. The zero-order chi connectivity index (χ0) is 15.3. The Bertz CT molecular complexity index is 638. The number of hydrogen-bond donors (Lipinski definition) is 0. The predicted molar refractivity (Wildman–Crippen MR) is 59.0 cm³/mol. The van der Waals surface area contributed by atoms with E-state index in [1.807, 2.05) is 0 Å². The molecule has 0 aliphatic carbocycles. The number of ether oxygens (including phenoxy) is 1. The number of halogens is 3. The van der Waals surface area contributed by atoms with E-state index in [9.17, 15) is 23.3 Å². The minimum atomic E-state index is -4.95. The summed E-state index contributed by atoms with van der Waals surface area (Å²) in [6.07, 6.45) is -4.15. The van der Waals surface area contributed by atoms with E-state index in [1.54, 1.807) is 0 Å². The maximum absolute atomic E-state index is 12.1. The second-order valence-electron chi connectivity index (χ2n) is 3.31. The van der Waals surface area contributed by atoms with Gasteiger partial charge in [0.15, 0.2) is 0 Å². The maximum atomic E-state index is 12.1. The molecule has 0 spiro atoms. The van der Waals surface area contributed by atoms with Crippen molar-refractivity contribution in [2.24, 2.45) is 0 Å². The molecule has 9 heteroatoms. The second-order valence-corrected chi connectivity index (χ2v) is 3.31. The number of rotatable bonds is 3. The number of nitro benzene ring substituents is 1. The summed E-state index contributed by atoms with van der Waals surface area (Å²) >= 11 is 0. The average molecular weight is 283 g/mol. The molecule has 0 radical (unpaired) electrons. The van der Waals surface area contributed by atoms with E-state index in [2.05, 4.69) is 4.74 Å². The molecule has 1 aromatic rings. The first kappa shape index (κ1) is 15.0. The Morgan fingerprint density at radius 2 is 1.95 bits per heavy atom. The number of allylic oxidation sites excluding steroid dienone is 1. The Morgan fingerprint density at radius 1 is 1.35 bits per heavy atom. The Balaban J connectivity index is 3.35. The highest BCUT2D eigenvalue weighted by atomic mass is 19.4. The van der Waals surface area contributed by atoms with Crippen LogP contribution < -0.4 is 4.74 Å². The zero-order valence-electron chi connectivity index (χ0n) is 9.51. The first-order valence-electron chi connectivity index (χ1n) is 4.83. The lowest BCUT2D eigenvalue weighted by Gasteiger charge is -2.09. The lowest BCUT2D eigenvalue weighted by atomic mass is 10.1. The van der Waals surface area contributed by atoms with Crippen LogP contribution in [0.2, 0.25) is 0 Å². The van der Waals surface area contributed by atoms with Crippen LogP contribution in [0.15, 0.2) is 23.8 Å². The van der Waals surface area contributed by atoms with Crippen LogP contribution in [0.1, 0.15) is 5.56 Å². The number of benzene rings is 1. The summed E-state index contributed by atoms with van der Waals surface area (Å²) in [5.41, 5.74) is -1.38. The fourth-order valence-corrected chi connectivity index (χ4v) is 1.26. The van der Waals surface area contributed by atoms with Crippen molar-refractivity contribution in [1.29, 1.82) is 10.5 Å². The smallest absolute Gasteiger partial charge is 0.406 e. The molecule has 0 bridgehead atoms. The Labute approximate surface area is 110 Å². The van der Waals surface area contributed by atoms with Crippen molar-refractivity contribution in [3.8, 4) is 17.9 Å². The average Bonchev–Trinajstić information content (AvgIpc) is 2.33. The third-order valence-electron chi connectivity index (χ3n) is 1.97. The molecule has 0 saturated carbocycles. The summed E-state index contributed by atoms with van der Waals surface area (Å²) in [5.74, 6) is -0.690. The lowest BCUT2D eigenvalue weighted by molar-refractivity contribution is -0.385. The van der Waals surface area contributed by atoms with Crippen molar-refractivity contribution in [3.63, 3.8) is 0 Å². The van der Waals surface area contributed by atoms with Gasteiger partial charge >= 0.3 is 6.36 Å². The molecule has 0 aromatic heterocycles. The van der Waals surface area contributed by atoms with Crippen molar-refractivity contribution >= 4 is 11.8 Å². The minimum absolute atomic E-state index is 0.338. The minimum Gasteiger partial charge on any atom is -0.406 e. The van der Waals surface area contributed by atoms with Crippen molar-refractivity contribution < 1.29 is 22.8 Å². The molecular formula is C11H4F3N3O3. The van der Waals surface area contributed by atoms with Crippen molar-refractivity contribution in [1.82, 2.24) is 0 Å². The molecule has 0 fully saturated rings. The largest absolute Gasteiger partial charge is 0.573 e. The van der Waals surface area contributed by atoms with Crippen LogP contribution in [-0.2, 0) is 0 Å². The molecule has 0 aliphatic heterocycles. The molecule has 20 heavy (non-hydrogen) atoms. The van der Waals surface area contributed by atoms with Crippen molar-refractivity contribution in [2.75, 3.05) is 0 Å². The van der Waals surface area contributed by atoms with Crippen LogP contribution in [0, 0.1) is 32.8 Å². The van der Waals surface area contributed by atoms with Crippen LogP contribution in [0.4, 0.5) is 18.9 Å². The lowest BCUT2D eigenvalue weighted by Crippen LogP contribution is -2.17. The highest BCUT2D eigenvalue weighted by Gasteiger charge is 2.31. The van der Waals surface area contributed by atoms with Gasteiger partial charge in [-0.15, -0.1) is 13.2 Å². The summed E-state index contributed by atoms with van der Waals surface area (Å²) < 4.78 is 39.8. The van der Waals surface area contributed by atoms with Crippen LogP contribution in [0.3, 0.4) is 0 Å². The molecule has 0 unspecified atom stereocenters. The third-order valence-corrected chi connectivity index (χ3v) is 1.97. The first-order valence-corrected chi connectivity index (χ1v) is 4.83. The van der Waals surface area contributed by atoms with Gasteiger partial charge in [-0.3, -0.25) is 10.1 Å². The van der Waals surface area contributed by atoms with Gasteiger partial charge in [0, 0.05) is 6.07 Å². The fourth-order valence-electron chi connectivity index (χ4n) is 1.26. The van der Waals surface area contributed by atoms with Gasteiger partial charge < -0.3 is 4.74 Å². The summed E-state index contributed by atoms with van der Waals surface area (Å²) in [5, 5.41) is 27.8. The van der Waals surface area contributed by atoms with E-state index < -0.39 is 28.3 Å². The summed E-state index contributed by atoms with van der Waals surface area (Å²) in [4.78, 5) is 9.87. The van der Waals surface area contributed by atoms with E-state index in [0.29, 0.717) is 0 Å². The first-order chi connectivity index (χ1) is 9.26. The quantitative estimate of drug-likeness (QED) is 0.482. The number of nitrogens with zero attached hydrogens (tertiary/aromatic N) is 3. The topological polar surface area (TPSA) is 100.0 Å². The molecule has 6 nitrogen and oxygen atoms in total. The number of alkyl halides is 3. The van der Waals surface area contributed by atoms with Crippen LogP contribution >= 0.6 is 0 Å². The second kappa shape index (κ2) is 5.71. The van der Waals surface area contributed by atoms with Gasteiger partial charge in [-0.2, -0.15) is 10.5 Å². The van der Waals surface area contributed by atoms with Gasteiger partial charge in [0.25, 0.3) is 5.69 Å². The van der Waals surface area contributed by atoms with Gasteiger partial charge in [-0.1, -0.05) is 0 Å². The summed E-state index contributed by atoms with van der Waals surface area (Å²) in [6.45, 7) is 0. The molecule has 0 heterocycles. The Hall–Kier alpha value is -3.07. The maximum Gasteiger partial charge on any atom is 0.573 e. The molecule has 0 N–H and O–H groups in total. The monoisotopic (exact) mass is 283 g/mol. The molecule has 1 rings (SSSR count). The van der Waals surface area contributed by atoms with Gasteiger partial charge in [0.05, 0.1) is 10.5 Å².